The summed E-state index contributed by atoms with van der Waals surface area (Å²) in [6, 6.07) is 2.73. The zero-order chi connectivity index (χ0) is 27.6. The van der Waals surface area contributed by atoms with Gasteiger partial charge in [-0.1, -0.05) is 52.4 Å². The van der Waals surface area contributed by atoms with Gasteiger partial charge in [0.2, 0.25) is 0 Å². The van der Waals surface area contributed by atoms with E-state index >= 15 is 0 Å². The van der Waals surface area contributed by atoms with Crippen molar-refractivity contribution in [3.63, 3.8) is 0 Å². The van der Waals surface area contributed by atoms with E-state index in [1.54, 1.807) is 5.56 Å². The molecule has 0 spiro atoms. The van der Waals surface area contributed by atoms with E-state index in [-0.39, 0.29) is 0 Å². The summed E-state index contributed by atoms with van der Waals surface area (Å²) in [5.41, 5.74) is 1.79. The monoisotopic (exact) mass is 656 g/mol. The molecule has 0 aliphatic rings. The van der Waals surface area contributed by atoms with Crippen molar-refractivity contribution < 1.29 is 0 Å². The zero-order valence-corrected chi connectivity index (χ0v) is 31.6. The third-order valence-corrected chi connectivity index (χ3v) is 22.4. The van der Waals surface area contributed by atoms with Crippen LogP contribution in [-0.2, 0) is 6.42 Å². The van der Waals surface area contributed by atoms with Gasteiger partial charge in [0.15, 0.2) is 0 Å². The molecule has 1 aromatic rings. The molecule has 3 heteroatoms. The first-order valence-corrected chi connectivity index (χ1v) is 31.0. The normalized spacial score (nSPS) is 13.4. The van der Waals surface area contributed by atoms with Crippen LogP contribution in [0, 0.1) is 5.92 Å². The Bertz CT molecular complexity index is 666. The van der Waals surface area contributed by atoms with E-state index in [9.17, 15) is 0 Å². The van der Waals surface area contributed by atoms with Gasteiger partial charge < -0.3 is 0 Å². The molecule has 0 N–H and O–H groups in total. The Balaban J connectivity index is 2.60. The summed E-state index contributed by atoms with van der Waals surface area (Å²) in [5, 5.41) is 0. The fourth-order valence-electron chi connectivity index (χ4n) is 5.73. The standard InChI is InChI=1S/C31H59SSi.3CH3.Sn/c1-6-8-10-12-14-16-17-19-21-23-25-29(24-22-20-18-15-13-11-9-7-2)28-30-26-27-32-31(30)33(3,4)5;;;;/h26,29H,6-25,28H2,1-5H3;3*1H3;. The molecule has 1 rings (SSSR count). The average molecular weight is 656 g/mol. The number of thiophene rings is 1. The molecule has 0 aliphatic carbocycles. The second kappa shape index (κ2) is 20.6. The number of unbranched alkanes of at least 4 members (excludes halogenated alkanes) is 16. The van der Waals surface area contributed by atoms with E-state index in [0.29, 0.717) is 0 Å². The van der Waals surface area contributed by atoms with Gasteiger partial charge in [0, 0.05) is 0 Å². The molecule has 0 aromatic carbocycles. The summed E-state index contributed by atoms with van der Waals surface area (Å²) >= 11 is 0.241. The van der Waals surface area contributed by atoms with Crippen molar-refractivity contribution in [2.45, 2.75) is 183 Å². The van der Waals surface area contributed by atoms with Gasteiger partial charge in [-0.15, -0.1) is 0 Å². The Morgan fingerprint density at radius 3 is 1.35 bits per heavy atom. The van der Waals surface area contributed by atoms with E-state index in [2.05, 4.69) is 65.7 Å². The van der Waals surface area contributed by atoms with Crippen LogP contribution in [0.4, 0.5) is 0 Å². The molecule has 0 aliphatic heterocycles. The molecule has 0 radical (unpaired) electrons. The Kier molecular flexibility index (Phi) is 19.9. The molecule has 1 aromatic heterocycles. The van der Waals surface area contributed by atoms with Gasteiger partial charge in [0.05, 0.1) is 0 Å². The summed E-state index contributed by atoms with van der Waals surface area (Å²) in [4.78, 5) is 7.83. The number of hydrogen-bond donors (Lipinski definition) is 0. The summed E-state index contributed by atoms with van der Waals surface area (Å²) in [6.07, 6.45) is 30.5. The quantitative estimate of drug-likeness (QED) is 0.0768. The maximum absolute atomic E-state index is 2.73. The van der Waals surface area contributed by atoms with Crippen LogP contribution in [0.25, 0.3) is 0 Å². The number of rotatable bonds is 24. The predicted molar refractivity (Wildman–Crippen MR) is 181 cm³/mol. The molecule has 0 amide bonds. The van der Waals surface area contributed by atoms with Crippen LogP contribution in [0.1, 0.15) is 148 Å². The third kappa shape index (κ3) is 17.2. The number of hydrogen-bond acceptors (Lipinski definition) is 1. The van der Waals surface area contributed by atoms with E-state index in [1.165, 1.54) is 135 Å². The van der Waals surface area contributed by atoms with Crippen molar-refractivity contribution in [2.75, 3.05) is 0 Å². The van der Waals surface area contributed by atoms with Crippen molar-refractivity contribution >= 4 is 45.2 Å². The van der Waals surface area contributed by atoms with Crippen molar-refractivity contribution in [3.05, 3.63) is 11.6 Å². The molecule has 0 saturated carbocycles. The summed E-state index contributed by atoms with van der Waals surface area (Å²) in [6.45, 7) is 12.4. The molecule has 218 valence electrons. The predicted octanol–water partition coefficient (Wildman–Crippen LogP) is 11.8. The zero-order valence-electron chi connectivity index (χ0n) is 26.9. The van der Waals surface area contributed by atoms with E-state index in [4.69, 9.17) is 0 Å². The van der Waals surface area contributed by atoms with Crippen LogP contribution in [0.15, 0.2) is 6.07 Å². The van der Waals surface area contributed by atoms with Gasteiger partial charge in [-0.2, -0.15) is 0 Å². The van der Waals surface area contributed by atoms with E-state index in [0.717, 1.165) is 5.92 Å². The molecule has 0 saturated heterocycles. The Morgan fingerprint density at radius 1 is 0.622 bits per heavy atom. The molecule has 0 bridgehead atoms. The molecule has 0 nitrogen and oxygen atoms in total. The fourth-order valence-corrected chi connectivity index (χ4v) is 15.5. The van der Waals surface area contributed by atoms with Crippen LogP contribution in [0.2, 0.25) is 34.5 Å². The Hall–Kier alpha value is 0.716. The molecular weight excluding hydrogens is 587 g/mol. The van der Waals surface area contributed by atoms with Crippen LogP contribution in [-0.4, -0.2) is 26.5 Å². The van der Waals surface area contributed by atoms with Gasteiger partial charge in [-0.05, 0) is 0 Å². The maximum atomic E-state index is 2.73. The second-order valence-electron chi connectivity index (χ2n) is 14.3. The minimum absolute atomic E-state index is 0.918. The summed E-state index contributed by atoms with van der Waals surface area (Å²) in [5.74, 6) is 0.918. The van der Waals surface area contributed by atoms with Crippen LogP contribution < -0.4 is 7.39 Å². The molecular formula is C34H68SSiSn. The first kappa shape index (κ1) is 35.7. The minimum atomic E-state index is -2.01. The van der Waals surface area contributed by atoms with E-state index in [1.807, 2.05) is 7.39 Å². The SMILES string of the molecule is CCCCCCCCCCCCC(CCCCCCCCCC)Cc1c[c]([Sn]([CH3])([CH3])[CH3])sc1[Si](C)(C)C. The molecule has 37 heavy (non-hydrogen) atoms. The van der Waals surface area contributed by atoms with Crippen molar-refractivity contribution in [1.82, 2.24) is 0 Å². The van der Waals surface area contributed by atoms with Crippen molar-refractivity contribution in [1.29, 1.82) is 0 Å². The molecule has 1 unspecified atom stereocenters. The fraction of sp³-hybridized carbons (Fsp3) is 0.882. The summed E-state index contributed by atoms with van der Waals surface area (Å²) < 4.78 is 3.67. The van der Waals surface area contributed by atoms with Crippen LogP contribution in [0.3, 0.4) is 0 Å². The topological polar surface area (TPSA) is 0 Å². The Morgan fingerprint density at radius 2 is 1.00 bits per heavy atom. The first-order valence-electron chi connectivity index (χ1n) is 16.7. The summed E-state index contributed by atoms with van der Waals surface area (Å²) in [7, 11) is -1.28. The molecule has 0 fully saturated rings. The van der Waals surface area contributed by atoms with E-state index < -0.39 is 26.5 Å². The molecule has 1 atom stereocenters. The van der Waals surface area contributed by atoms with Gasteiger partial charge in [0.1, 0.15) is 0 Å². The second-order valence-corrected chi connectivity index (χ2v) is 36.1. The van der Waals surface area contributed by atoms with Crippen molar-refractivity contribution in [2.24, 2.45) is 5.92 Å². The first-order chi connectivity index (χ1) is 17.6. The molecule has 1 heterocycles. The van der Waals surface area contributed by atoms with Crippen LogP contribution >= 0.6 is 11.3 Å². The third-order valence-electron chi connectivity index (χ3n) is 8.17. The van der Waals surface area contributed by atoms with Gasteiger partial charge >= 0.3 is 194 Å². The van der Waals surface area contributed by atoms with Gasteiger partial charge in [0.25, 0.3) is 0 Å². The Labute approximate surface area is 244 Å². The van der Waals surface area contributed by atoms with Gasteiger partial charge in [-0.3, -0.25) is 0 Å². The average Bonchev–Trinajstić information content (AvgIpc) is 3.27. The van der Waals surface area contributed by atoms with Crippen molar-refractivity contribution in [3.8, 4) is 0 Å². The van der Waals surface area contributed by atoms with Crippen LogP contribution in [0.5, 0.6) is 0 Å². The van der Waals surface area contributed by atoms with Gasteiger partial charge in [-0.25, -0.2) is 0 Å².